The fourth-order valence-electron chi connectivity index (χ4n) is 3.45. The summed E-state index contributed by atoms with van der Waals surface area (Å²) in [4.78, 5) is 14.7. The molecule has 3 rings (SSSR count). The number of anilines is 1. The maximum absolute atomic E-state index is 12.8. The quantitative estimate of drug-likeness (QED) is 0.846. The Hall–Kier alpha value is -2.49. The first kappa shape index (κ1) is 17.3. The van der Waals surface area contributed by atoms with Crippen LogP contribution in [-0.2, 0) is 11.2 Å². The lowest BCUT2D eigenvalue weighted by molar-refractivity contribution is -0.120. The molecular formula is C21H25NO3. The van der Waals surface area contributed by atoms with E-state index in [-0.39, 0.29) is 12.5 Å². The summed E-state index contributed by atoms with van der Waals surface area (Å²) in [7, 11) is 1.65. The Labute approximate surface area is 149 Å². The van der Waals surface area contributed by atoms with Crippen molar-refractivity contribution in [3.8, 4) is 11.5 Å². The lowest BCUT2D eigenvalue weighted by Crippen LogP contribution is -2.39. The molecule has 0 unspecified atom stereocenters. The van der Waals surface area contributed by atoms with Crippen LogP contribution in [0.15, 0.2) is 30.3 Å². The predicted octanol–water partition coefficient (Wildman–Crippen LogP) is 3.98. The van der Waals surface area contributed by atoms with Crippen LogP contribution >= 0.6 is 0 Å². The summed E-state index contributed by atoms with van der Waals surface area (Å²) in [6.07, 6.45) is 1.93. The Morgan fingerprint density at radius 3 is 2.56 bits per heavy atom. The van der Waals surface area contributed by atoms with Gasteiger partial charge in [0.15, 0.2) is 6.61 Å². The van der Waals surface area contributed by atoms with Gasteiger partial charge >= 0.3 is 0 Å². The highest BCUT2D eigenvalue weighted by atomic mass is 16.5. The van der Waals surface area contributed by atoms with E-state index in [1.165, 1.54) is 16.7 Å². The molecule has 132 valence electrons. The second-order valence-electron chi connectivity index (χ2n) is 6.62. The van der Waals surface area contributed by atoms with Crippen molar-refractivity contribution in [2.24, 2.45) is 0 Å². The smallest absolute Gasteiger partial charge is 0.265 e. The summed E-state index contributed by atoms with van der Waals surface area (Å²) < 4.78 is 11.3. The molecule has 1 amide bonds. The molecule has 4 nitrogen and oxygen atoms in total. The van der Waals surface area contributed by atoms with E-state index in [1.54, 1.807) is 7.11 Å². The van der Waals surface area contributed by atoms with Crippen LogP contribution in [0.5, 0.6) is 11.5 Å². The fraction of sp³-hybridized carbons (Fsp3) is 0.381. The van der Waals surface area contributed by atoms with E-state index in [2.05, 4.69) is 19.1 Å². The third kappa shape index (κ3) is 3.48. The van der Waals surface area contributed by atoms with Gasteiger partial charge in [0.25, 0.3) is 5.91 Å². The van der Waals surface area contributed by atoms with Gasteiger partial charge in [-0.05, 0) is 62.4 Å². The molecule has 1 heterocycles. The van der Waals surface area contributed by atoms with Crippen molar-refractivity contribution < 1.29 is 14.3 Å². The second kappa shape index (κ2) is 7.18. The number of aryl methyl sites for hydroxylation is 3. The number of carbonyl (C=O) groups is 1. The zero-order valence-corrected chi connectivity index (χ0v) is 15.4. The average Bonchev–Trinajstić information content (AvgIpc) is 2.61. The van der Waals surface area contributed by atoms with Crippen LogP contribution in [0.4, 0.5) is 5.69 Å². The van der Waals surface area contributed by atoms with E-state index in [1.807, 2.05) is 36.9 Å². The number of rotatable bonds is 4. The van der Waals surface area contributed by atoms with Gasteiger partial charge in [-0.3, -0.25) is 4.79 Å². The Bertz CT molecular complexity index is 798. The van der Waals surface area contributed by atoms with Crippen molar-refractivity contribution in [2.45, 2.75) is 33.6 Å². The highest BCUT2D eigenvalue weighted by Gasteiger charge is 2.27. The first-order valence-corrected chi connectivity index (χ1v) is 8.68. The minimum Gasteiger partial charge on any atom is -0.495 e. The maximum Gasteiger partial charge on any atom is 0.265 e. The second-order valence-corrected chi connectivity index (χ2v) is 6.62. The molecule has 0 bridgehead atoms. The van der Waals surface area contributed by atoms with Crippen LogP contribution in [0.25, 0.3) is 0 Å². The van der Waals surface area contributed by atoms with Crippen molar-refractivity contribution in [1.29, 1.82) is 0 Å². The summed E-state index contributed by atoms with van der Waals surface area (Å²) in [6.45, 7) is 6.84. The molecule has 2 aromatic rings. The van der Waals surface area contributed by atoms with Gasteiger partial charge in [0, 0.05) is 6.54 Å². The molecule has 25 heavy (non-hydrogen) atoms. The van der Waals surface area contributed by atoms with Crippen molar-refractivity contribution in [1.82, 2.24) is 0 Å². The maximum atomic E-state index is 12.8. The fourth-order valence-corrected chi connectivity index (χ4v) is 3.45. The predicted molar refractivity (Wildman–Crippen MR) is 99.8 cm³/mol. The molecule has 0 aliphatic carbocycles. The largest absolute Gasteiger partial charge is 0.495 e. The molecule has 0 aromatic heterocycles. The summed E-state index contributed by atoms with van der Waals surface area (Å²) in [5, 5.41) is 0. The molecule has 0 saturated heterocycles. The van der Waals surface area contributed by atoms with Gasteiger partial charge in [0.1, 0.15) is 11.5 Å². The monoisotopic (exact) mass is 339 g/mol. The minimum absolute atomic E-state index is 0.0282. The normalized spacial score (nSPS) is 13.4. The van der Waals surface area contributed by atoms with Gasteiger partial charge in [-0.1, -0.05) is 23.8 Å². The van der Waals surface area contributed by atoms with Crippen LogP contribution in [0.3, 0.4) is 0 Å². The number of hydrogen-bond donors (Lipinski definition) is 0. The Morgan fingerprint density at radius 1 is 1.08 bits per heavy atom. The zero-order valence-electron chi connectivity index (χ0n) is 15.4. The number of hydrogen-bond acceptors (Lipinski definition) is 3. The van der Waals surface area contributed by atoms with Gasteiger partial charge in [0.05, 0.1) is 12.8 Å². The van der Waals surface area contributed by atoms with Crippen LogP contribution in [-0.4, -0.2) is 26.2 Å². The molecule has 0 radical (unpaired) electrons. The third-order valence-corrected chi connectivity index (χ3v) is 4.76. The number of fused-ring (bicyclic) bond motifs is 1. The van der Waals surface area contributed by atoms with Gasteiger partial charge in [-0.15, -0.1) is 0 Å². The highest BCUT2D eigenvalue weighted by molar-refractivity contribution is 5.97. The average molecular weight is 339 g/mol. The van der Waals surface area contributed by atoms with E-state index in [0.29, 0.717) is 6.54 Å². The van der Waals surface area contributed by atoms with Crippen molar-refractivity contribution in [3.05, 3.63) is 52.6 Å². The summed E-state index contributed by atoms with van der Waals surface area (Å²) >= 11 is 0. The topological polar surface area (TPSA) is 38.8 Å². The Kier molecular flexibility index (Phi) is 4.98. The highest BCUT2D eigenvalue weighted by Crippen LogP contribution is 2.38. The van der Waals surface area contributed by atoms with E-state index in [0.717, 1.165) is 35.6 Å². The van der Waals surface area contributed by atoms with Crippen LogP contribution < -0.4 is 14.4 Å². The van der Waals surface area contributed by atoms with E-state index >= 15 is 0 Å². The SMILES string of the molecule is COc1ccc(C)c2c1N(C(=O)COc1ccc(C)cc1C)CCC2. The molecule has 0 atom stereocenters. The van der Waals surface area contributed by atoms with Crippen LogP contribution in [0.1, 0.15) is 28.7 Å². The Balaban J connectivity index is 1.81. The summed E-state index contributed by atoms with van der Waals surface area (Å²) in [5.74, 6) is 1.47. The van der Waals surface area contributed by atoms with E-state index in [9.17, 15) is 4.79 Å². The Morgan fingerprint density at radius 2 is 1.84 bits per heavy atom. The zero-order chi connectivity index (χ0) is 18.0. The van der Waals surface area contributed by atoms with E-state index < -0.39 is 0 Å². The standard InChI is InChI=1S/C21H25NO3/c1-14-7-9-18(16(3)12-14)25-13-20(23)22-11-5-6-17-15(2)8-10-19(24-4)21(17)22/h7-10,12H,5-6,11,13H2,1-4H3. The number of benzene rings is 2. The molecular weight excluding hydrogens is 314 g/mol. The summed E-state index contributed by atoms with van der Waals surface area (Å²) in [5.41, 5.74) is 5.53. The van der Waals surface area contributed by atoms with Gasteiger partial charge in [-0.25, -0.2) is 0 Å². The van der Waals surface area contributed by atoms with Crippen LogP contribution in [0, 0.1) is 20.8 Å². The van der Waals surface area contributed by atoms with E-state index in [4.69, 9.17) is 9.47 Å². The van der Waals surface area contributed by atoms with Gasteiger partial charge < -0.3 is 14.4 Å². The van der Waals surface area contributed by atoms with Crippen LogP contribution in [0.2, 0.25) is 0 Å². The molecule has 0 spiro atoms. The minimum atomic E-state index is -0.0372. The number of nitrogens with zero attached hydrogens (tertiary/aromatic N) is 1. The van der Waals surface area contributed by atoms with Gasteiger partial charge in [0.2, 0.25) is 0 Å². The first-order valence-electron chi connectivity index (χ1n) is 8.68. The van der Waals surface area contributed by atoms with Gasteiger partial charge in [-0.2, -0.15) is 0 Å². The molecule has 2 aromatic carbocycles. The number of amides is 1. The number of ether oxygens (including phenoxy) is 2. The molecule has 4 heteroatoms. The van der Waals surface area contributed by atoms with Crippen molar-refractivity contribution in [2.75, 3.05) is 25.2 Å². The van der Waals surface area contributed by atoms with Crippen molar-refractivity contribution >= 4 is 11.6 Å². The molecule has 1 aliphatic heterocycles. The van der Waals surface area contributed by atoms with Crippen molar-refractivity contribution in [3.63, 3.8) is 0 Å². The third-order valence-electron chi connectivity index (χ3n) is 4.76. The first-order chi connectivity index (χ1) is 12.0. The molecule has 0 fully saturated rings. The lowest BCUT2D eigenvalue weighted by atomic mass is 9.96. The number of carbonyl (C=O) groups excluding carboxylic acids is 1. The lowest BCUT2D eigenvalue weighted by Gasteiger charge is -2.32. The molecule has 1 aliphatic rings. The molecule has 0 saturated carbocycles. The summed E-state index contributed by atoms with van der Waals surface area (Å²) in [6, 6.07) is 9.97. The molecule has 0 N–H and O–H groups in total. The number of methoxy groups -OCH3 is 1.